The van der Waals surface area contributed by atoms with E-state index in [0.717, 1.165) is 16.0 Å². The highest BCUT2D eigenvalue weighted by molar-refractivity contribution is 7.85. The van der Waals surface area contributed by atoms with Crippen molar-refractivity contribution in [1.29, 1.82) is 0 Å². The lowest BCUT2D eigenvalue weighted by atomic mass is 9.87. The molecule has 0 aliphatic carbocycles. The van der Waals surface area contributed by atoms with Gasteiger partial charge in [-0.25, -0.2) is 0 Å². The zero-order chi connectivity index (χ0) is 15.6. The van der Waals surface area contributed by atoms with Crippen LogP contribution in [0, 0.1) is 6.92 Å². The van der Waals surface area contributed by atoms with Crippen molar-refractivity contribution in [1.82, 2.24) is 4.98 Å². The zero-order valence-electron chi connectivity index (χ0n) is 12.9. The first-order chi connectivity index (χ1) is 9.79. The first-order valence-corrected chi connectivity index (χ1v) is 8.27. The predicted octanol–water partition coefficient (Wildman–Crippen LogP) is 3.61. The Hall–Kier alpha value is -1.68. The van der Waals surface area contributed by atoms with Crippen LogP contribution in [0.15, 0.2) is 41.4 Å². The lowest BCUT2D eigenvalue weighted by Gasteiger charge is -2.20. The normalized spacial score (nSPS) is 13.1. The highest BCUT2D eigenvalue weighted by Crippen LogP contribution is 2.26. The smallest absolute Gasteiger partial charge is 0.191 e. The van der Waals surface area contributed by atoms with E-state index in [0.29, 0.717) is 5.69 Å². The summed E-state index contributed by atoms with van der Waals surface area (Å²) in [5.74, 6) is -0.117. The van der Waals surface area contributed by atoms with Crippen molar-refractivity contribution in [2.75, 3.05) is 5.75 Å². The molecule has 1 heterocycles. The maximum absolute atomic E-state index is 12.5. The fraction of sp³-hybridized carbons (Fsp3) is 0.353. The van der Waals surface area contributed by atoms with Crippen LogP contribution in [0.4, 0.5) is 0 Å². The number of carbonyl (C=O) groups excluding carboxylic acids is 1. The maximum atomic E-state index is 12.5. The summed E-state index contributed by atoms with van der Waals surface area (Å²) in [6.07, 6.45) is 1.70. The Morgan fingerprint density at radius 3 is 2.52 bits per heavy atom. The maximum Gasteiger partial charge on any atom is 0.191 e. The molecule has 21 heavy (non-hydrogen) atoms. The largest absolute Gasteiger partial charge is 0.359 e. The number of aromatic amines is 1. The molecule has 0 saturated carbocycles. The number of hydrogen-bond donors (Lipinski definition) is 1. The van der Waals surface area contributed by atoms with Gasteiger partial charge < -0.3 is 4.98 Å². The molecule has 1 N–H and O–H groups in total. The predicted molar refractivity (Wildman–Crippen MR) is 86.3 cm³/mol. The third kappa shape index (κ3) is 3.70. The summed E-state index contributed by atoms with van der Waals surface area (Å²) < 4.78 is 12.5. The Balaban J connectivity index is 2.25. The van der Waals surface area contributed by atoms with Gasteiger partial charge in [-0.2, -0.15) is 0 Å². The van der Waals surface area contributed by atoms with Crippen molar-refractivity contribution in [2.24, 2.45) is 0 Å². The van der Waals surface area contributed by atoms with Crippen LogP contribution >= 0.6 is 0 Å². The topological polar surface area (TPSA) is 49.9 Å². The summed E-state index contributed by atoms with van der Waals surface area (Å²) in [4.78, 5) is 15.7. The molecule has 112 valence electrons. The Labute approximate surface area is 128 Å². The van der Waals surface area contributed by atoms with E-state index < -0.39 is 10.8 Å². The van der Waals surface area contributed by atoms with Crippen LogP contribution in [0.1, 0.15) is 42.4 Å². The summed E-state index contributed by atoms with van der Waals surface area (Å²) in [5, 5.41) is 0. The standard InChI is InChI=1S/C17H21NO2S/c1-12-7-8-13(17(2,3)4)10-16(12)21(20)11-15(19)14-6-5-9-18-14/h5-10,18H,11H2,1-4H3/t21-/m1/s1. The molecule has 0 bridgehead atoms. The van der Waals surface area contributed by atoms with Gasteiger partial charge in [0.2, 0.25) is 0 Å². The Morgan fingerprint density at radius 2 is 1.95 bits per heavy atom. The van der Waals surface area contributed by atoms with Gasteiger partial charge in [-0.1, -0.05) is 32.9 Å². The minimum atomic E-state index is -1.32. The fourth-order valence-electron chi connectivity index (χ4n) is 2.09. The van der Waals surface area contributed by atoms with Crippen LogP contribution in [0.5, 0.6) is 0 Å². The Kier molecular flexibility index (Phi) is 4.47. The molecule has 0 amide bonds. The molecule has 2 rings (SSSR count). The van der Waals surface area contributed by atoms with Crippen LogP contribution in [0.25, 0.3) is 0 Å². The molecule has 1 atom stereocenters. The van der Waals surface area contributed by atoms with Crippen LogP contribution in [0.2, 0.25) is 0 Å². The van der Waals surface area contributed by atoms with E-state index in [9.17, 15) is 9.00 Å². The summed E-state index contributed by atoms with van der Waals surface area (Å²) in [6, 6.07) is 9.47. The summed E-state index contributed by atoms with van der Waals surface area (Å²) in [6.45, 7) is 8.29. The molecule has 0 aliphatic heterocycles. The Morgan fingerprint density at radius 1 is 1.24 bits per heavy atom. The van der Waals surface area contributed by atoms with Crippen LogP contribution in [-0.2, 0) is 16.2 Å². The van der Waals surface area contributed by atoms with Gasteiger partial charge in [-0.15, -0.1) is 0 Å². The molecular weight excluding hydrogens is 282 g/mol. The molecule has 0 spiro atoms. The minimum Gasteiger partial charge on any atom is -0.359 e. The minimum absolute atomic E-state index is 0.00385. The van der Waals surface area contributed by atoms with Crippen molar-refractivity contribution in [3.05, 3.63) is 53.3 Å². The molecule has 0 fully saturated rings. The van der Waals surface area contributed by atoms with Gasteiger partial charge in [-0.05, 0) is 41.7 Å². The van der Waals surface area contributed by atoms with Gasteiger partial charge >= 0.3 is 0 Å². The highest BCUT2D eigenvalue weighted by Gasteiger charge is 2.19. The first-order valence-electron chi connectivity index (χ1n) is 6.95. The van der Waals surface area contributed by atoms with Gasteiger partial charge in [0.1, 0.15) is 0 Å². The van der Waals surface area contributed by atoms with Crippen LogP contribution in [0.3, 0.4) is 0 Å². The number of nitrogens with one attached hydrogen (secondary N) is 1. The van der Waals surface area contributed by atoms with Crippen molar-refractivity contribution < 1.29 is 9.00 Å². The van der Waals surface area contributed by atoms with E-state index in [-0.39, 0.29) is 17.0 Å². The number of benzene rings is 1. The monoisotopic (exact) mass is 303 g/mol. The van der Waals surface area contributed by atoms with E-state index in [2.05, 4.69) is 31.8 Å². The third-order valence-electron chi connectivity index (χ3n) is 3.46. The summed E-state index contributed by atoms with van der Waals surface area (Å²) >= 11 is 0. The van der Waals surface area contributed by atoms with Crippen molar-refractivity contribution in [2.45, 2.75) is 38.0 Å². The van der Waals surface area contributed by atoms with E-state index in [1.54, 1.807) is 18.3 Å². The van der Waals surface area contributed by atoms with E-state index in [1.165, 1.54) is 0 Å². The van der Waals surface area contributed by atoms with E-state index in [1.807, 2.05) is 19.1 Å². The van der Waals surface area contributed by atoms with Gasteiger partial charge in [0, 0.05) is 11.1 Å². The van der Waals surface area contributed by atoms with Gasteiger partial charge in [0.15, 0.2) is 5.78 Å². The number of aromatic nitrogens is 1. The molecule has 0 unspecified atom stereocenters. The lowest BCUT2D eigenvalue weighted by molar-refractivity contribution is 0.101. The first kappa shape index (κ1) is 15.7. The van der Waals surface area contributed by atoms with Crippen molar-refractivity contribution >= 4 is 16.6 Å². The zero-order valence-corrected chi connectivity index (χ0v) is 13.7. The van der Waals surface area contributed by atoms with Crippen molar-refractivity contribution in [3.8, 4) is 0 Å². The number of carbonyl (C=O) groups is 1. The average Bonchev–Trinajstić information content (AvgIpc) is 2.91. The second-order valence-corrected chi connectivity index (χ2v) is 7.65. The van der Waals surface area contributed by atoms with Crippen LogP contribution < -0.4 is 0 Å². The van der Waals surface area contributed by atoms with E-state index in [4.69, 9.17) is 0 Å². The SMILES string of the molecule is Cc1ccc(C(C)(C)C)cc1[S@](=O)CC(=O)c1ccc[nH]1. The van der Waals surface area contributed by atoms with Gasteiger partial charge in [0.25, 0.3) is 0 Å². The number of Topliss-reactive ketones (excluding diaryl/α,β-unsaturated/α-hetero) is 1. The number of hydrogen-bond acceptors (Lipinski definition) is 2. The molecule has 0 radical (unpaired) electrons. The molecule has 1 aromatic carbocycles. The number of ketones is 1. The van der Waals surface area contributed by atoms with Gasteiger partial charge in [-0.3, -0.25) is 9.00 Å². The number of rotatable bonds is 4. The fourth-order valence-corrected chi connectivity index (χ4v) is 3.32. The molecule has 2 aromatic rings. The lowest BCUT2D eigenvalue weighted by Crippen LogP contribution is -2.15. The third-order valence-corrected chi connectivity index (χ3v) is 4.91. The number of H-pyrrole nitrogens is 1. The average molecular weight is 303 g/mol. The molecule has 1 aromatic heterocycles. The molecule has 3 nitrogen and oxygen atoms in total. The summed E-state index contributed by atoms with van der Waals surface area (Å²) in [5.41, 5.74) is 2.59. The second kappa shape index (κ2) is 5.98. The second-order valence-electron chi connectivity index (χ2n) is 6.23. The number of aryl methyl sites for hydroxylation is 1. The van der Waals surface area contributed by atoms with Crippen molar-refractivity contribution in [3.63, 3.8) is 0 Å². The molecule has 0 aliphatic rings. The van der Waals surface area contributed by atoms with E-state index >= 15 is 0 Å². The van der Waals surface area contributed by atoms with Crippen LogP contribution in [-0.4, -0.2) is 20.7 Å². The molecule has 4 heteroatoms. The Bertz CT molecular complexity index is 667. The molecular formula is C17H21NO2S. The highest BCUT2D eigenvalue weighted by atomic mass is 32.2. The van der Waals surface area contributed by atoms with Gasteiger partial charge in [0.05, 0.1) is 22.2 Å². The summed E-state index contributed by atoms with van der Waals surface area (Å²) in [7, 11) is -1.32. The molecule has 0 saturated heterocycles. The quantitative estimate of drug-likeness (QED) is 0.877.